The third-order valence-corrected chi connectivity index (χ3v) is 7.37. The van der Waals surface area contributed by atoms with Crippen LogP contribution in [0.25, 0.3) is 0 Å². The van der Waals surface area contributed by atoms with Gasteiger partial charge in [0.25, 0.3) is 5.91 Å². The van der Waals surface area contributed by atoms with E-state index in [-0.39, 0.29) is 18.7 Å². The van der Waals surface area contributed by atoms with Crippen molar-refractivity contribution >= 4 is 23.6 Å². The van der Waals surface area contributed by atoms with Gasteiger partial charge in [0.15, 0.2) is 6.04 Å². The standard InChI is InChI=1S/C32H37N5O4/c33-25(19-22-11-4-1-5-12-22)32(41)37-18-10-17-28(37)31(40)36-27(21-24-15-8-3-9-16-24)30(39)35-26(29(34)38)20-23-13-6-2-7-14-23/h1-9,11-16,25-28H,10,17-21,33H2,(H2,34,38)(H,35,39)(H,36,40)/p+1/t25-,26-,27-,28+/m0/s1. The number of primary amides is 1. The molecule has 3 aromatic carbocycles. The molecule has 0 aliphatic carbocycles. The van der Waals surface area contributed by atoms with Crippen molar-refractivity contribution in [1.29, 1.82) is 0 Å². The van der Waals surface area contributed by atoms with Crippen LogP contribution in [0.4, 0.5) is 0 Å². The van der Waals surface area contributed by atoms with Crippen molar-refractivity contribution in [2.75, 3.05) is 6.54 Å². The topological polar surface area (TPSA) is 149 Å². The summed E-state index contributed by atoms with van der Waals surface area (Å²) < 4.78 is 0. The normalized spacial score (nSPS) is 16.8. The fourth-order valence-corrected chi connectivity index (χ4v) is 5.20. The zero-order valence-electron chi connectivity index (χ0n) is 23.1. The lowest BCUT2D eigenvalue weighted by Gasteiger charge is -2.28. The molecule has 9 heteroatoms. The fraction of sp³-hybridized carbons (Fsp3) is 0.312. The molecular weight excluding hydrogens is 518 g/mol. The summed E-state index contributed by atoms with van der Waals surface area (Å²) in [6.07, 6.45) is 2.08. The van der Waals surface area contributed by atoms with Crippen molar-refractivity contribution in [3.05, 3.63) is 108 Å². The first-order valence-corrected chi connectivity index (χ1v) is 14.0. The molecule has 9 nitrogen and oxygen atoms in total. The van der Waals surface area contributed by atoms with E-state index in [1.165, 1.54) is 0 Å². The maximum atomic E-state index is 13.6. The summed E-state index contributed by atoms with van der Waals surface area (Å²) >= 11 is 0. The second-order valence-corrected chi connectivity index (χ2v) is 10.5. The van der Waals surface area contributed by atoms with Crippen LogP contribution in [0.3, 0.4) is 0 Å². The second kappa shape index (κ2) is 14.2. The Morgan fingerprint density at radius 3 is 1.76 bits per heavy atom. The van der Waals surface area contributed by atoms with Crippen LogP contribution in [-0.2, 0) is 38.4 Å². The van der Waals surface area contributed by atoms with Gasteiger partial charge in [-0.1, -0.05) is 91.0 Å². The molecule has 1 aliphatic heterocycles. The van der Waals surface area contributed by atoms with Crippen LogP contribution in [0.15, 0.2) is 91.0 Å². The van der Waals surface area contributed by atoms with E-state index in [0.29, 0.717) is 25.8 Å². The lowest BCUT2D eigenvalue weighted by Crippen LogP contribution is -2.70. The summed E-state index contributed by atoms with van der Waals surface area (Å²) in [5, 5.41) is 5.61. The number of quaternary nitrogens is 1. The molecule has 4 rings (SSSR count). The van der Waals surface area contributed by atoms with E-state index in [4.69, 9.17) is 5.73 Å². The summed E-state index contributed by atoms with van der Waals surface area (Å²) in [4.78, 5) is 54.2. The molecule has 0 saturated carbocycles. The first kappa shape index (κ1) is 29.5. The number of nitrogens with one attached hydrogen (secondary N) is 2. The summed E-state index contributed by atoms with van der Waals surface area (Å²) in [6, 6.07) is 25.0. The maximum absolute atomic E-state index is 13.6. The summed E-state index contributed by atoms with van der Waals surface area (Å²) in [5.74, 6) is -1.78. The highest BCUT2D eigenvalue weighted by molar-refractivity contribution is 5.95. The quantitative estimate of drug-likeness (QED) is 0.261. The van der Waals surface area contributed by atoms with Crippen LogP contribution in [0.2, 0.25) is 0 Å². The zero-order chi connectivity index (χ0) is 29.2. The third kappa shape index (κ3) is 8.25. The van der Waals surface area contributed by atoms with Crippen LogP contribution in [-0.4, -0.2) is 59.2 Å². The second-order valence-electron chi connectivity index (χ2n) is 10.5. The third-order valence-electron chi connectivity index (χ3n) is 7.37. The van der Waals surface area contributed by atoms with Crippen molar-refractivity contribution in [2.24, 2.45) is 5.73 Å². The molecule has 3 aromatic rings. The maximum Gasteiger partial charge on any atom is 0.281 e. The Morgan fingerprint density at radius 2 is 1.24 bits per heavy atom. The van der Waals surface area contributed by atoms with Gasteiger partial charge in [-0.25, -0.2) is 0 Å². The van der Waals surface area contributed by atoms with Crippen LogP contribution < -0.4 is 22.1 Å². The molecule has 4 amide bonds. The Labute approximate surface area is 240 Å². The molecule has 4 atom stereocenters. The average molecular weight is 557 g/mol. The van der Waals surface area contributed by atoms with Gasteiger partial charge in [0.1, 0.15) is 18.1 Å². The van der Waals surface area contributed by atoms with E-state index >= 15 is 0 Å². The van der Waals surface area contributed by atoms with E-state index in [1.54, 1.807) is 4.90 Å². The number of likely N-dealkylation sites (tertiary alicyclic amines) is 1. The van der Waals surface area contributed by atoms with Crippen LogP contribution in [0.1, 0.15) is 29.5 Å². The smallest absolute Gasteiger partial charge is 0.281 e. The van der Waals surface area contributed by atoms with E-state index in [0.717, 1.165) is 16.7 Å². The minimum atomic E-state index is -0.972. The Hall–Kier alpha value is -4.50. The van der Waals surface area contributed by atoms with Crippen molar-refractivity contribution in [3.8, 4) is 0 Å². The number of carbonyl (C=O) groups is 4. The first-order valence-electron chi connectivity index (χ1n) is 14.0. The Morgan fingerprint density at radius 1 is 0.756 bits per heavy atom. The van der Waals surface area contributed by atoms with Crippen LogP contribution >= 0.6 is 0 Å². The highest BCUT2D eigenvalue weighted by atomic mass is 16.2. The van der Waals surface area contributed by atoms with E-state index < -0.39 is 41.9 Å². The van der Waals surface area contributed by atoms with Crippen molar-refractivity contribution < 1.29 is 24.9 Å². The van der Waals surface area contributed by atoms with Crippen molar-refractivity contribution in [1.82, 2.24) is 15.5 Å². The molecule has 7 N–H and O–H groups in total. The van der Waals surface area contributed by atoms with Gasteiger partial charge in [0.2, 0.25) is 17.7 Å². The van der Waals surface area contributed by atoms with Gasteiger partial charge >= 0.3 is 0 Å². The number of nitrogens with two attached hydrogens (primary N) is 1. The molecule has 1 fully saturated rings. The van der Waals surface area contributed by atoms with Crippen molar-refractivity contribution in [2.45, 2.75) is 56.3 Å². The number of carbonyl (C=O) groups excluding carboxylic acids is 4. The lowest BCUT2D eigenvalue weighted by molar-refractivity contribution is -0.405. The fourth-order valence-electron chi connectivity index (χ4n) is 5.20. The number of benzene rings is 3. The SMILES string of the molecule is NC(=O)[C@H](Cc1ccccc1)NC(=O)[C@H](Cc1ccccc1)NC(=O)[C@H]1CCCN1C(=O)[C@@H]([NH3+])Cc1ccccc1. The highest BCUT2D eigenvalue weighted by Gasteiger charge is 2.39. The number of hydrogen-bond donors (Lipinski definition) is 4. The van der Waals surface area contributed by atoms with Crippen molar-refractivity contribution in [3.63, 3.8) is 0 Å². The predicted octanol–water partition coefficient (Wildman–Crippen LogP) is 0.771. The van der Waals surface area contributed by atoms with E-state index in [9.17, 15) is 19.2 Å². The van der Waals surface area contributed by atoms with E-state index in [2.05, 4.69) is 16.4 Å². The molecule has 1 aliphatic rings. The lowest BCUT2D eigenvalue weighted by atomic mass is 10.0. The van der Waals surface area contributed by atoms with Gasteiger partial charge in [-0.15, -0.1) is 0 Å². The van der Waals surface area contributed by atoms with Gasteiger partial charge in [-0.3, -0.25) is 19.2 Å². The molecule has 1 heterocycles. The monoisotopic (exact) mass is 556 g/mol. The highest BCUT2D eigenvalue weighted by Crippen LogP contribution is 2.19. The van der Waals surface area contributed by atoms with Crippen LogP contribution in [0.5, 0.6) is 0 Å². The Bertz CT molecular complexity index is 1320. The molecule has 0 spiro atoms. The minimum absolute atomic E-state index is 0.188. The summed E-state index contributed by atoms with van der Waals surface area (Å²) in [6.45, 7) is 0.452. The molecule has 0 aromatic heterocycles. The van der Waals surface area contributed by atoms with Crippen LogP contribution in [0, 0.1) is 0 Å². The minimum Gasteiger partial charge on any atom is -0.368 e. The predicted molar refractivity (Wildman–Crippen MR) is 155 cm³/mol. The molecule has 0 unspecified atom stereocenters. The van der Waals surface area contributed by atoms with Gasteiger partial charge in [0.05, 0.1) is 0 Å². The molecule has 1 saturated heterocycles. The molecule has 0 bridgehead atoms. The molecular formula is C32H38N5O4+. The zero-order valence-corrected chi connectivity index (χ0v) is 23.1. The largest absolute Gasteiger partial charge is 0.368 e. The molecule has 214 valence electrons. The van der Waals surface area contributed by atoms with Gasteiger partial charge in [-0.2, -0.15) is 0 Å². The molecule has 0 radical (unpaired) electrons. The Kier molecular flexibility index (Phi) is 10.2. The Balaban J connectivity index is 1.47. The first-order chi connectivity index (χ1) is 19.8. The number of hydrogen-bond acceptors (Lipinski definition) is 4. The number of rotatable bonds is 12. The van der Waals surface area contributed by atoms with Gasteiger partial charge in [0, 0.05) is 25.8 Å². The van der Waals surface area contributed by atoms with Gasteiger partial charge < -0.3 is 27.0 Å². The number of amides is 4. The summed E-state index contributed by atoms with van der Waals surface area (Å²) in [5.41, 5.74) is 12.4. The number of nitrogens with zero attached hydrogens (tertiary/aromatic N) is 1. The van der Waals surface area contributed by atoms with Gasteiger partial charge in [-0.05, 0) is 29.5 Å². The average Bonchev–Trinajstić information content (AvgIpc) is 3.48. The van der Waals surface area contributed by atoms with E-state index in [1.807, 2.05) is 91.0 Å². The summed E-state index contributed by atoms with van der Waals surface area (Å²) in [7, 11) is 0. The molecule has 41 heavy (non-hydrogen) atoms.